The first-order chi connectivity index (χ1) is 8.15. The minimum absolute atomic E-state index is 0.0517. The van der Waals surface area contributed by atoms with E-state index in [0.29, 0.717) is 17.7 Å². The fraction of sp³-hybridized carbons (Fsp3) is 0.583. The second-order valence-electron chi connectivity index (χ2n) is 4.47. The molecule has 2 N–H and O–H groups in total. The Morgan fingerprint density at radius 2 is 2.06 bits per heavy atom. The van der Waals surface area contributed by atoms with Crippen molar-refractivity contribution >= 4 is 11.8 Å². The van der Waals surface area contributed by atoms with Crippen molar-refractivity contribution in [2.75, 3.05) is 5.32 Å². The fourth-order valence-corrected chi connectivity index (χ4v) is 2.21. The van der Waals surface area contributed by atoms with E-state index in [1.165, 1.54) is 25.3 Å². The lowest BCUT2D eigenvalue weighted by molar-refractivity contribution is 0.0690. The molecule has 1 aromatic heterocycles. The molecule has 17 heavy (non-hydrogen) atoms. The van der Waals surface area contributed by atoms with Gasteiger partial charge < -0.3 is 10.4 Å². The van der Waals surface area contributed by atoms with Crippen LogP contribution in [-0.2, 0) is 0 Å². The largest absolute Gasteiger partial charge is 0.477 e. The molecule has 0 spiro atoms. The van der Waals surface area contributed by atoms with Gasteiger partial charge in [0, 0.05) is 12.1 Å². The molecule has 1 saturated carbocycles. The first-order valence-corrected chi connectivity index (χ1v) is 6.00. The Hall–Kier alpha value is -1.65. The van der Waals surface area contributed by atoms with Gasteiger partial charge in [-0.1, -0.05) is 19.3 Å². The number of carbonyl (C=O) groups is 1. The van der Waals surface area contributed by atoms with Crippen molar-refractivity contribution in [3.63, 3.8) is 0 Å². The van der Waals surface area contributed by atoms with E-state index in [-0.39, 0.29) is 5.69 Å². The summed E-state index contributed by atoms with van der Waals surface area (Å²) in [6, 6.07) is 1.92. The molecule has 0 unspecified atom stereocenters. The van der Waals surface area contributed by atoms with Gasteiger partial charge in [0.15, 0.2) is 5.69 Å². The van der Waals surface area contributed by atoms with E-state index in [2.05, 4.69) is 15.3 Å². The summed E-state index contributed by atoms with van der Waals surface area (Å²) in [5.74, 6) is 0.104. The molecule has 1 heterocycles. The molecule has 5 heteroatoms. The first-order valence-electron chi connectivity index (χ1n) is 6.00. The van der Waals surface area contributed by atoms with Gasteiger partial charge in [-0.15, -0.1) is 0 Å². The van der Waals surface area contributed by atoms with Gasteiger partial charge in [0.05, 0.1) is 0 Å². The van der Waals surface area contributed by atoms with Crippen LogP contribution in [0, 0.1) is 6.92 Å². The Bertz CT molecular complexity index is 414. The SMILES string of the molecule is Cc1nc(NC2CCCCC2)cc(C(=O)O)n1. The van der Waals surface area contributed by atoms with Gasteiger partial charge in [0.2, 0.25) is 0 Å². The molecule has 0 aromatic carbocycles. The van der Waals surface area contributed by atoms with Crippen molar-refractivity contribution < 1.29 is 9.90 Å². The second-order valence-corrected chi connectivity index (χ2v) is 4.47. The highest BCUT2D eigenvalue weighted by atomic mass is 16.4. The number of nitrogens with zero attached hydrogens (tertiary/aromatic N) is 2. The summed E-state index contributed by atoms with van der Waals surface area (Å²) in [5.41, 5.74) is 0.0517. The van der Waals surface area contributed by atoms with Gasteiger partial charge in [-0.2, -0.15) is 0 Å². The summed E-state index contributed by atoms with van der Waals surface area (Å²) in [7, 11) is 0. The summed E-state index contributed by atoms with van der Waals surface area (Å²) in [6.07, 6.45) is 6.01. The van der Waals surface area contributed by atoms with Crippen molar-refractivity contribution in [2.45, 2.75) is 45.1 Å². The molecule has 0 bridgehead atoms. The van der Waals surface area contributed by atoms with Crippen LogP contribution >= 0.6 is 0 Å². The van der Waals surface area contributed by atoms with Crippen molar-refractivity contribution in [3.05, 3.63) is 17.6 Å². The zero-order valence-electron chi connectivity index (χ0n) is 9.94. The van der Waals surface area contributed by atoms with Crippen LogP contribution in [0.15, 0.2) is 6.07 Å². The number of hydrogen-bond donors (Lipinski definition) is 2. The summed E-state index contributed by atoms with van der Waals surface area (Å²) in [4.78, 5) is 19.0. The second kappa shape index (κ2) is 5.12. The van der Waals surface area contributed by atoms with Crippen LogP contribution in [0.25, 0.3) is 0 Å². The quantitative estimate of drug-likeness (QED) is 0.840. The van der Waals surface area contributed by atoms with E-state index in [9.17, 15) is 4.79 Å². The van der Waals surface area contributed by atoms with Crippen LogP contribution in [0.1, 0.15) is 48.4 Å². The third-order valence-corrected chi connectivity index (χ3v) is 3.01. The van der Waals surface area contributed by atoms with Crippen LogP contribution in [0.2, 0.25) is 0 Å². The standard InChI is InChI=1S/C12H17N3O2/c1-8-13-10(12(16)17)7-11(14-8)15-9-5-3-2-4-6-9/h7,9H,2-6H2,1H3,(H,16,17)(H,13,14,15). The van der Waals surface area contributed by atoms with Crippen molar-refractivity contribution in [3.8, 4) is 0 Å². The lowest BCUT2D eigenvalue weighted by atomic mass is 9.95. The van der Waals surface area contributed by atoms with Gasteiger partial charge in [0.1, 0.15) is 11.6 Å². The highest BCUT2D eigenvalue weighted by molar-refractivity contribution is 5.86. The molecule has 1 fully saturated rings. The van der Waals surface area contributed by atoms with E-state index in [1.807, 2.05) is 0 Å². The zero-order valence-corrected chi connectivity index (χ0v) is 9.94. The molecule has 1 aromatic rings. The Morgan fingerprint density at radius 1 is 1.35 bits per heavy atom. The summed E-state index contributed by atoms with van der Waals surface area (Å²) in [5, 5.41) is 12.2. The maximum Gasteiger partial charge on any atom is 0.354 e. The summed E-state index contributed by atoms with van der Waals surface area (Å²) in [6.45, 7) is 1.71. The fourth-order valence-electron chi connectivity index (χ4n) is 2.21. The number of aromatic nitrogens is 2. The number of rotatable bonds is 3. The zero-order chi connectivity index (χ0) is 12.3. The van der Waals surface area contributed by atoms with Crippen LogP contribution in [-0.4, -0.2) is 27.1 Å². The number of hydrogen-bond acceptors (Lipinski definition) is 4. The van der Waals surface area contributed by atoms with E-state index in [0.717, 1.165) is 12.8 Å². The first kappa shape index (κ1) is 11.8. The van der Waals surface area contributed by atoms with Gasteiger partial charge in [-0.3, -0.25) is 0 Å². The Labute approximate surface area is 100 Å². The third-order valence-electron chi connectivity index (χ3n) is 3.01. The summed E-state index contributed by atoms with van der Waals surface area (Å²) < 4.78 is 0. The lowest BCUT2D eigenvalue weighted by Crippen LogP contribution is -2.23. The van der Waals surface area contributed by atoms with Crippen molar-refractivity contribution in [1.82, 2.24) is 9.97 Å². The van der Waals surface area contributed by atoms with Gasteiger partial charge >= 0.3 is 5.97 Å². The molecule has 0 radical (unpaired) electrons. The van der Waals surface area contributed by atoms with E-state index in [4.69, 9.17) is 5.11 Å². The van der Waals surface area contributed by atoms with Gasteiger partial charge in [-0.05, 0) is 19.8 Å². The molecule has 5 nitrogen and oxygen atoms in total. The molecule has 0 aliphatic heterocycles. The smallest absolute Gasteiger partial charge is 0.354 e. The van der Waals surface area contributed by atoms with Crippen LogP contribution in [0.5, 0.6) is 0 Å². The average Bonchev–Trinajstić information content (AvgIpc) is 2.29. The Morgan fingerprint density at radius 3 is 2.71 bits per heavy atom. The molecule has 0 atom stereocenters. The molecular weight excluding hydrogens is 218 g/mol. The maximum absolute atomic E-state index is 10.9. The van der Waals surface area contributed by atoms with Crippen LogP contribution in [0.4, 0.5) is 5.82 Å². The lowest BCUT2D eigenvalue weighted by Gasteiger charge is -2.23. The van der Waals surface area contributed by atoms with E-state index >= 15 is 0 Å². The molecule has 2 rings (SSSR count). The minimum atomic E-state index is -1.01. The predicted octanol–water partition coefficient (Wildman–Crippen LogP) is 2.23. The molecule has 92 valence electrons. The minimum Gasteiger partial charge on any atom is -0.477 e. The van der Waals surface area contributed by atoms with Crippen molar-refractivity contribution in [2.24, 2.45) is 0 Å². The monoisotopic (exact) mass is 235 g/mol. The number of nitrogens with one attached hydrogen (secondary N) is 1. The average molecular weight is 235 g/mol. The predicted molar refractivity (Wildman–Crippen MR) is 64.2 cm³/mol. The highest BCUT2D eigenvalue weighted by Crippen LogP contribution is 2.21. The van der Waals surface area contributed by atoms with Crippen LogP contribution < -0.4 is 5.32 Å². The number of carboxylic acid groups (broad SMARTS) is 1. The van der Waals surface area contributed by atoms with Gasteiger partial charge in [0.25, 0.3) is 0 Å². The Kier molecular flexibility index (Phi) is 3.56. The normalized spacial score (nSPS) is 16.8. The third kappa shape index (κ3) is 3.15. The topological polar surface area (TPSA) is 75.1 Å². The number of carboxylic acids is 1. The molecule has 1 aliphatic carbocycles. The Balaban J connectivity index is 2.11. The van der Waals surface area contributed by atoms with Crippen molar-refractivity contribution in [1.29, 1.82) is 0 Å². The number of anilines is 1. The van der Waals surface area contributed by atoms with E-state index in [1.54, 1.807) is 6.92 Å². The summed E-state index contributed by atoms with van der Waals surface area (Å²) >= 11 is 0. The van der Waals surface area contributed by atoms with Gasteiger partial charge in [-0.25, -0.2) is 14.8 Å². The molecular formula is C12H17N3O2. The molecule has 1 aliphatic rings. The van der Waals surface area contributed by atoms with E-state index < -0.39 is 5.97 Å². The number of aromatic carboxylic acids is 1. The molecule has 0 saturated heterocycles. The number of aryl methyl sites for hydroxylation is 1. The maximum atomic E-state index is 10.9. The molecule has 0 amide bonds. The van der Waals surface area contributed by atoms with Crippen LogP contribution in [0.3, 0.4) is 0 Å². The highest BCUT2D eigenvalue weighted by Gasteiger charge is 2.15.